The SMILES string of the molecule is CCCCCC(CC)CCC[O]. The average molecular weight is 171 g/mol. The zero-order valence-electron chi connectivity index (χ0n) is 8.64. The fourth-order valence-corrected chi connectivity index (χ4v) is 1.61. The van der Waals surface area contributed by atoms with Gasteiger partial charge in [-0.3, -0.25) is 0 Å². The monoisotopic (exact) mass is 171 g/mol. The standard InChI is InChI=1S/C11H23O/c1-3-5-6-8-11(4-2)9-7-10-12/h11H,3-10H2,1-2H3. The molecule has 1 radical (unpaired) electrons. The van der Waals surface area contributed by atoms with Crippen LogP contribution >= 0.6 is 0 Å². The van der Waals surface area contributed by atoms with Gasteiger partial charge in [-0.25, -0.2) is 5.11 Å². The highest BCUT2D eigenvalue weighted by Crippen LogP contribution is 2.18. The van der Waals surface area contributed by atoms with Crippen molar-refractivity contribution in [2.45, 2.75) is 58.8 Å². The van der Waals surface area contributed by atoms with E-state index in [2.05, 4.69) is 13.8 Å². The van der Waals surface area contributed by atoms with Crippen LogP contribution in [0.5, 0.6) is 0 Å². The lowest BCUT2D eigenvalue weighted by atomic mass is 9.94. The van der Waals surface area contributed by atoms with Gasteiger partial charge in [-0.05, 0) is 18.8 Å². The Labute approximate surface area is 77.2 Å². The Kier molecular flexibility index (Phi) is 9.02. The molecular weight excluding hydrogens is 148 g/mol. The van der Waals surface area contributed by atoms with Crippen LogP contribution in [0.25, 0.3) is 0 Å². The molecule has 0 aromatic rings. The van der Waals surface area contributed by atoms with E-state index in [0.29, 0.717) is 0 Å². The molecule has 0 saturated carbocycles. The Balaban J connectivity index is 3.26. The lowest BCUT2D eigenvalue weighted by Crippen LogP contribution is -1.99. The van der Waals surface area contributed by atoms with Gasteiger partial charge in [0, 0.05) is 0 Å². The molecule has 1 nitrogen and oxygen atoms in total. The molecule has 0 N–H and O–H groups in total. The van der Waals surface area contributed by atoms with E-state index in [-0.39, 0.29) is 6.61 Å². The highest BCUT2D eigenvalue weighted by atomic mass is 16.2. The van der Waals surface area contributed by atoms with Gasteiger partial charge >= 0.3 is 0 Å². The van der Waals surface area contributed by atoms with Crippen molar-refractivity contribution >= 4 is 0 Å². The normalized spacial score (nSPS) is 13.2. The summed E-state index contributed by atoms with van der Waals surface area (Å²) in [6, 6.07) is 0. The fraction of sp³-hybridized carbons (Fsp3) is 1.00. The van der Waals surface area contributed by atoms with Crippen molar-refractivity contribution in [2.75, 3.05) is 6.61 Å². The number of hydrogen-bond acceptors (Lipinski definition) is 0. The summed E-state index contributed by atoms with van der Waals surface area (Å²) in [5, 5.41) is 10.3. The van der Waals surface area contributed by atoms with E-state index in [1.54, 1.807) is 0 Å². The summed E-state index contributed by atoms with van der Waals surface area (Å²) in [5.74, 6) is 0.825. The van der Waals surface area contributed by atoms with Crippen molar-refractivity contribution in [2.24, 2.45) is 5.92 Å². The topological polar surface area (TPSA) is 19.9 Å². The molecule has 0 aromatic carbocycles. The maximum atomic E-state index is 10.3. The Hall–Kier alpha value is -0.0400. The molecule has 0 aliphatic carbocycles. The van der Waals surface area contributed by atoms with E-state index in [1.807, 2.05) is 0 Å². The van der Waals surface area contributed by atoms with Crippen LogP contribution in [0, 0.1) is 5.92 Å². The van der Waals surface area contributed by atoms with E-state index >= 15 is 0 Å². The van der Waals surface area contributed by atoms with Gasteiger partial charge in [0.2, 0.25) is 0 Å². The van der Waals surface area contributed by atoms with Crippen molar-refractivity contribution in [3.8, 4) is 0 Å². The van der Waals surface area contributed by atoms with Crippen LogP contribution in [0.3, 0.4) is 0 Å². The van der Waals surface area contributed by atoms with Crippen molar-refractivity contribution in [3.05, 3.63) is 0 Å². The summed E-state index contributed by atoms with van der Waals surface area (Å²) >= 11 is 0. The summed E-state index contributed by atoms with van der Waals surface area (Å²) < 4.78 is 0. The Morgan fingerprint density at radius 3 is 2.17 bits per heavy atom. The zero-order chi connectivity index (χ0) is 9.23. The first-order valence-electron chi connectivity index (χ1n) is 5.43. The smallest absolute Gasteiger partial charge is 0.0822 e. The number of hydrogen-bond donors (Lipinski definition) is 0. The maximum absolute atomic E-state index is 10.3. The molecule has 1 atom stereocenters. The quantitative estimate of drug-likeness (QED) is 0.495. The lowest BCUT2D eigenvalue weighted by molar-refractivity contribution is 0.178. The van der Waals surface area contributed by atoms with Crippen molar-refractivity contribution < 1.29 is 5.11 Å². The third kappa shape index (κ3) is 6.66. The van der Waals surface area contributed by atoms with E-state index < -0.39 is 0 Å². The molecule has 1 heteroatoms. The molecule has 0 heterocycles. The first-order valence-corrected chi connectivity index (χ1v) is 5.43. The minimum Gasteiger partial charge on any atom is -0.237 e. The molecule has 0 fully saturated rings. The van der Waals surface area contributed by atoms with Gasteiger partial charge in [-0.2, -0.15) is 0 Å². The van der Waals surface area contributed by atoms with Gasteiger partial charge < -0.3 is 0 Å². The van der Waals surface area contributed by atoms with Gasteiger partial charge in [0.05, 0.1) is 6.61 Å². The van der Waals surface area contributed by atoms with Crippen LogP contribution in [0.4, 0.5) is 0 Å². The molecule has 12 heavy (non-hydrogen) atoms. The van der Waals surface area contributed by atoms with E-state index in [1.165, 1.54) is 32.1 Å². The van der Waals surface area contributed by atoms with Crippen molar-refractivity contribution in [1.29, 1.82) is 0 Å². The van der Waals surface area contributed by atoms with Crippen LogP contribution in [0.1, 0.15) is 58.8 Å². The largest absolute Gasteiger partial charge is 0.237 e. The molecule has 0 aliphatic heterocycles. The van der Waals surface area contributed by atoms with Crippen LogP contribution in [-0.4, -0.2) is 6.61 Å². The molecule has 0 aliphatic rings. The van der Waals surface area contributed by atoms with Crippen LogP contribution in [-0.2, 0) is 5.11 Å². The third-order valence-electron chi connectivity index (χ3n) is 2.55. The third-order valence-corrected chi connectivity index (χ3v) is 2.55. The zero-order valence-corrected chi connectivity index (χ0v) is 8.64. The minimum absolute atomic E-state index is 0.115. The van der Waals surface area contributed by atoms with E-state index in [0.717, 1.165) is 18.8 Å². The van der Waals surface area contributed by atoms with Gasteiger partial charge in [0.1, 0.15) is 0 Å². The second kappa shape index (κ2) is 9.05. The molecule has 0 spiro atoms. The van der Waals surface area contributed by atoms with Gasteiger partial charge in [0.15, 0.2) is 0 Å². The molecule has 0 saturated heterocycles. The maximum Gasteiger partial charge on any atom is 0.0822 e. The fourth-order valence-electron chi connectivity index (χ4n) is 1.61. The average Bonchev–Trinajstić information content (AvgIpc) is 2.11. The van der Waals surface area contributed by atoms with Crippen molar-refractivity contribution in [3.63, 3.8) is 0 Å². The Bertz CT molecular complexity index is 81.1. The number of rotatable bonds is 8. The van der Waals surface area contributed by atoms with Crippen LogP contribution < -0.4 is 0 Å². The highest BCUT2D eigenvalue weighted by Gasteiger charge is 2.04. The molecular formula is C11H23O. The molecule has 0 bridgehead atoms. The Morgan fingerprint density at radius 1 is 1.00 bits per heavy atom. The summed E-state index contributed by atoms with van der Waals surface area (Å²) in [6.45, 7) is 4.59. The van der Waals surface area contributed by atoms with Gasteiger partial charge in [-0.1, -0.05) is 46.0 Å². The predicted octanol–water partition coefficient (Wildman–Crippen LogP) is 3.80. The highest BCUT2D eigenvalue weighted by molar-refractivity contribution is 4.57. The minimum atomic E-state index is 0.115. The van der Waals surface area contributed by atoms with E-state index in [4.69, 9.17) is 0 Å². The predicted molar refractivity (Wildman–Crippen MR) is 52.7 cm³/mol. The molecule has 73 valence electrons. The summed E-state index contributed by atoms with van der Waals surface area (Å²) in [6.07, 6.45) is 8.64. The molecule has 0 rings (SSSR count). The molecule has 1 unspecified atom stereocenters. The summed E-state index contributed by atoms with van der Waals surface area (Å²) in [7, 11) is 0. The second-order valence-corrected chi connectivity index (χ2v) is 3.62. The van der Waals surface area contributed by atoms with Gasteiger partial charge in [-0.15, -0.1) is 0 Å². The first-order chi connectivity index (χ1) is 5.85. The molecule has 0 amide bonds. The van der Waals surface area contributed by atoms with Crippen LogP contribution in [0.2, 0.25) is 0 Å². The Morgan fingerprint density at radius 2 is 1.67 bits per heavy atom. The van der Waals surface area contributed by atoms with E-state index in [9.17, 15) is 5.11 Å². The lowest BCUT2D eigenvalue weighted by Gasteiger charge is -2.12. The number of unbranched alkanes of at least 4 members (excludes halogenated alkanes) is 2. The first kappa shape index (κ1) is 12.0. The summed E-state index contributed by atoms with van der Waals surface area (Å²) in [4.78, 5) is 0. The molecule has 0 aromatic heterocycles. The van der Waals surface area contributed by atoms with Crippen molar-refractivity contribution in [1.82, 2.24) is 0 Å². The van der Waals surface area contributed by atoms with Crippen LogP contribution in [0.15, 0.2) is 0 Å². The second-order valence-electron chi connectivity index (χ2n) is 3.62. The van der Waals surface area contributed by atoms with Gasteiger partial charge in [0.25, 0.3) is 0 Å². The summed E-state index contributed by atoms with van der Waals surface area (Å²) in [5.41, 5.74) is 0.